The van der Waals surface area contributed by atoms with E-state index >= 15 is 0 Å². The molecule has 1 rings (SSSR count). The van der Waals surface area contributed by atoms with Gasteiger partial charge in [0.05, 0.1) is 12.1 Å². The molecule has 0 heterocycles. The molecule has 2 N–H and O–H groups in total. The molecule has 1 aromatic carbocycles. The molecule has 0 aromatic heterocycles. The molecule has 0 spiro atoms. The number of alkyl halides is 3. The lowest BCUT2D eigenvalue weighted by atomic mass is 10.0. The maximum Gasteiger partial charge on any atom is 0.416 e. The molecule has 1 unspecified atom stereocenters. The summed E-state index contributed by atoms with van der Waals surface area (Å²) >= 11 is 0. The van der Waals surface area contributed by atoms with Crippen molar-refractivity contribution in [2.45, 2.75) is 19.1 Å². The smallest absolute Gasteiger partial charge is 0.358 e. The van der Waals surface area contributed by atoms with Crippen LogP contribution in [0.2, 0.25) is 0 Å². The van der Waals surface area contributed by atoms with Crippen LogP contribution < -0.4 is 10.6 Å². The Morgan fingerprint density at radius 3 is 2.50 bits per heavy atom. The number of carbonyl (C=O) groups is 1. The van der Waals surface area contributed by atoms with E-state index in [4.69, 9.17) is 0 Å². The number of likely N-dealkylation sites (N-methyl/N-ethyl adjacent to an activating group) is 1. The maximum absolute atomic E-state index is 12.8. The van der Waals surface area contributed by atoms with Crippen molar-refractivity contribution in [2.24, 2.45) is 0 Å². The molecule has 6 heteroatoms. The Morgan fingerprint density at radius 2 is 1.94 bits per heavy atom. The molecular weight excluding hydrogens is 245 g/mol. The number of hydrogen-bond donors (Lipinski definition) is 2. The van der Waals surface area contributed by atoms with Crippen LogP contribution in [-0.4, -0.2) is 19.5 Å². The Balaban J connectivity index is 2.86. The Labute approximate surface area is 103 Å². The third-order valence-corrected chi connectivity index (χ3v) is 2.58. The highest BCUT2D eigenvalue weighted by Crippen LogP contribution is 2.34. The van der Waals surface area contributed by atoms with E-state index in [-0.39, 0.29) is 18.0 Å². The highest BCUT2D eigenvalue weighted by Gasteiger charge is 2.34. The van der Waals surface area contributed by atoms with E-state index in [2.05, 4.69) is 10.6 Å². The van der Waals surface area contributed by atoms with Crippen LogP contribution in [0, 0.1) is 0 Å². The minimum atomic E-state index is -4.39. The van der Waals surface area contributed by atoms with Crippen molar-refractivity contribution in [3.63, 3.8) is 0 Å². The van der Waals surface area contributed by atoms with Gasteiger partial charge >= 0.3 is 6.18 Å². The first kappa shape index (κ1) is 14.5. The summed E-state index contributed by atoms with van der Waals surface area (Å²) in [6.07, 6.45) is -4.39. The summed E-state index contributed by atoms with van der Waals surface area (Å²) in [6.45, 7) is 1.57. The summed E-state index contributed by atoms with van der Waals surface area (Å²) in [5.41, 5.74) is -0.546. The van der Waals surface area contributed by atoms with E-state index in [1.807, 2.05) is 0 Å². The van der Waals surface area contributed by atoms with Gasteiger partial charge in [0.1, 0.15) is 0 Å². The van der Waals surface area contributed by atoms with Crippen LogP contribution in [0.25, 0.3) is 0 Å². The molecule has 0 aliphatic heterocycles. The zero-order valence-corrected chi connectivity index (χ0v) is 10.1. The summed E-state index contributed by atoms with van der Waals surface area (Å²) in [7, 11) is 1.47. The average molecular weight is 260 g/mol. The van der Waals surface area contributed by atoms with Gasteiger partial charge in [0.2, 0.25) is 5.91 Å². The predicted octanol–water partition coefficient (Wildman–Crippen LogP) is 2.10. The minimum absolute atomic E-state index is 0.0240. The standard InChI is InChI=1S/C12H15F3N2O/c1-8(17-7-11(18)16-2)9-5-3-4-6-10(9)12(13,14)15/h3-6,8,17H,7H2,1-2H3,(H,16,18). The van der Waals surface area contributed by atoms with E-state index in [9.17, 15) is 18.0 Å². The second kappa shape index (κ2) is 5.86. The first-order valence-electron chi connectivity index (χ1n) is 5.46. The molecule has 0 bridgehead atoms. The lowest BCUT2D eigenvalue weighted by Gasteiger charge is -2.19. The van der Waals surface area contributed by atoms with Gasteiger partial charge in [-0.25, -0.2) is 0 Å². The first-order valence-corrected chi connectivity index (χ1v) is 5.46. The molecule has 0 fully saturated rings. The highest BCUT2D eigenvalue weighted by molar-refractivity contribution is 5.77. The summed E-state index contributed by atoms with van der Waals surface area (Å²) < 4.78 is 38.3. The van der Waals surface area contributed by atoms with Gasteiger partial charge in [-0.05, 0) is 18.6 Å². The molecule has 18 heavy (non-hydrogen) atoms. The van der Waals surface area contributed by atoms with E-state index in [1.165, 1.54) is 19.2 Å². The van der Waals surface area contributed by atoms with Gasteiger partial charge in [0.15, 0.2) is 0 Å². The molecule has 1 amide bonds. The number of hydrogen-bond acceptors (Lipinski definition) is 2. The molecular formula is C12H15F3N2O. The third-order valence-electron chi connectivity index (χ3n) is 2.58. The predicted molar refractivity (Wildman–Crippen MR) is 61.9 cm³/mol. The Kier molecular flexibility index (Phi) is 4.72. The second-order valence-corrected chi connectivity index (χ2v) is 3.86. The lowest BCUT2D eigenvalue weighted by molar-refractivity contribution is -0.138. The maximum atomic E-state index is 12.8. The molecule has 100 valence electrons. The van der Waals surface area contributed by atoms with Crippen LogP contribution in [0.15, 0.2) is 24.3 Å². The van der Waals surface area contributed by atoms with Gasteiger partial charge in [-0.1, -0.05) is 18.2 Å². The van der Waals surface area contributed by atoms with Gasteiger partial charge < -0.3 is 10.6 Å². The fourth-order valence-electron chi connectivity index (χ4n) is 1.58. The van der Waals surface area contributed by atoms with Crippen LogP contribution in [0.5, 0.6) is 0 Å². The Bertz CT molecular complexity index is 418. The number of nitrogens with one attached hydrogen (secondary N) is 2. The summed E-state index contributed by atoms with van der Waals surface area (Å²) in [5, 5.41) is 5.14. The number of benzene rings is 1. The van der Waals surface area contributed by atoms with Crippen molar-refractivity contribution in [3.8, 4) is 0 Å². The summed E-state index contributed by atoms with van der Waals surface area (Å²) in [5.74, 6) is -0.272. The molecule has 0 saturated carbocycles. The van der Waals surface area contributed by atoms with Crippen molar-refractivity contribution < 1.29 is 18.0 Å². The number of rotatable bonds is 4. The van der Waals surface area contributed by atoms with E-state index in [1.54, 1.807) is 13.0 Å². The number of amides is 1. The first-order chi connectivity index (χ1) is 8.36. The Morgan fingerprint density at radius 1 is 1.33 bits per heavy atom. The molecule has 1 atom stereocenters. The van der Waals surface area contributed by atoms with Crippen LogP contribution in [0.4, 0.5) is 13.2 Å². The third kappa shape index (κ3) is 3.73. The molecule has 0 saturated heterocycles. The van der Waals surface area contributed by atoms with Gasteiger partial charge in [-0.2, -0.15) is 13.2 Å². The fraction of sp³-hybridized carbons (Fsp3) is 0.417. The minimum Gasteiger partial charge on any atom is -0.358 e. The van der Waals surface area contributed by atoms with E-state index in [0.29, 0.717) is 0 Å². The molecule has 0 radical (unpaired) electrons. The van der Waals surface area contributed by atoms with Crippen molar-refractivity contribution >= 4 is 5.91 Å². The second-order valence-electron chi connectivity index (χ2n) is 3.86. The van der Waals surface area contributed by atoms with E-state index < -0.39 is 17.8 Å². The van der Waals surface area contributed by atoms with Crippen molar-refractivity contribution in [1.82, 2.24) is 10.6 Å². The largest absolute Gasteiger partial charge is 0.416 e. The fourth-order valence-corrected chi connectivity index (χ4v) is 1.58. The number of halogens is 3. The van der Waals surface area contributed by atoms with Gasteiger partial charge in [-0.15, -0.1) is 0 Å². The monoisotopic (exact) mass is 260 g/mol. The normalized spacial score (nSPS) is 13.2. The summed E-state index contributed by atoms with van der Waals surface area (Å²) in [6, 6.07) is 4.78. The van der Waals surface area contributed by atoms with Crippen LogP contribution in [0.1, 0.15) is 24.1 Å². The van der Waals surface area contributed by atoms with Gasteiger partial charge in [-0.3, -0.25) is 4.79 Å². The van der Waals surface area contributed by atoms with Crippen molar-refractivity contribution in [1.29, 1.82) is 0 Å². The Hall–Kier alpha value is -1.56. The topological polar surface area (TPSA) is 41.1 Å². The molecule has 1 aromatic rings. The molecule has 0 aliphatic carbocycles. The summed E-state index contributed by atoms with van der Waals surface area (Å²) in [4.78, 5) is 11.0. The lowest BCUT2D eigenvalue weighted by Crippen LogP contribution is -2.33. The van der Waals surface area contributed by atoms with E-state index in [0.717, 1.165) is 6.07 Å². The molecule has 3 nitrogen and oxygen atoms in total. The van der Waals surface area contributed by atoms with Crippen LogP contribution in [-0.2, 0) is 11.0 Å². The van der Waals surface area contributed by atoms with Gasteiger partial charge in [0.25, 0.3) is 0 Å². The van der Waals surface area contributed by atoms with Crippen LogP contribution >= 0.6 is 0 Å². The average Bonchev–Trinajstić information content (AvgIpc) is 2.34. The highest BCUT2D eigenvalue weighted by atomic mass is 19.4. The quantitative estimate of drug-likeness (QED) is 0.870. The van der Waals surface area contributed by atoms with Crippen LogP contribution in [0.3, 0.4) is 0 Å². The van der Waals surface area contributed by atoms with Crippen molar-refractivity contribution in [2.75, 3.05) is 13.6 Å². The zero-order chi connectivity index (χ0) is 13.8. The van der Waals surface area contributed by atoms with Crippen molar-refractivity contribution in [3.05, 3.63) is 35.4 Å². The molecule has 0 aliphatic rings. The SMILES string of the molecule is CNC(=O)CNC(C)c1ccccc1C(F)(F)F. The van der Waals surface area contributed by atoms with Gasteiger partial charge in [0, 0.05) is 13.1 Å². The zero-order valence-electron chi connectivity index (χ0n) is 10.1. The number of carbonyl (C=O) groups excluding carboxylic acids is 1.